The lowest BCUT2D eigenvalue weighted by Crippen LogP contribution is -2.39. The van der Waals surface area contributed by atoms with Crippen molar-refractivity contribution in [1.82, 2.24) is 36.2 Å². The molecule has 2 saturated heterocycles. The van der Waals surface area contributed by atoms with Crippen molar-refractivity contribution in [1.29, 1.82) is 0 Å². The Hall–Kier alpha value is -5.70. The predicted molar refractivity (Wildman–Crippen MR) is 217 cm³/mol. The van der Waals surface area contributed by atoms with Gasteiger partial charge in [0, 0.05) is 68.0 Å². The first-order chi connectivity index (χ1) is 26.7. The SMILES string of the molecule is CC(C)c1nc(NCCCNC(=O)C[C@@H]2SCC3NC(=O)NC32)nc(NCCNC(=O)CCC(=O)Nc2cc(-c3ccccc3)cc(-c3ccccc3)c2)n1. The number of carbonyl (C=O) groups excluding carboxylic acids is 4. The van der Waals surface area contributed by atoms with Gasteiger partial charge in [0.25, 0.3) is 0 Å². The van der Waals surface area contributed by atoms with E-state index in [-0.39, 0.29) is 59.8 Å². The summed E-state index contributed by atoms with van der Waals surface area (Å²) in [6, 6.07) is 25.9. The smallest absolute Gasteiger partial charge is 0.315 e. The second kappa shape index (κ2) is 19.1. The van der Waals surface area contributed by atoms with E-state index in [1.807, 2.05) is 86.6 Å². The molecule has 4 aromatic rings. The molecule has 3 aromatic carbocycles. The van der Waals surface area contributed by atoms with Crippen LogP contribution in [0.15, 0.2) is 78.9 Å². The van der Waals surface area contributed by atoms with Crippen LogP contribution in [0.5, 0.6) is 0 Å². The molecule has 3 atom stereocenters. The average molecular weight is 765 g/mol. The fourth-order valence-electron chi connectivity index (χ4n) is 6.36. The molecule has 0 bridgehead atoms. The number of urea groups is 1. The van der Waals surface area contributed by atoms with Gasteiger partial charge in [-0.15, -0.1) is 0 Å². The van der Waals surface area contributed by atoms with Gasteiger partial charge in [0.05, 0.1) is 12.1 Å². The number of carbonyl (C=O) groups is 4. The van der Waals surface area contributed by atoms with Crippen LogP contribution in [0.1, 0.15) is 51.3 Å². The molecule has 0 saturated carbocycles. The molecule has 5 amide bonds. The van der Waals surface area contributed by atoms with Gasteiger partial charge in [-0.05, 0) is 46.9 Å². The molecular weight excluding hydrogens is 717 g/mol. The fourth-order valence-corrected chi connectivity index (χ4v) is 7.83. The third-order valence-electron chi connectivity index (χ3n) is 9.19. The van der Waals surface area contributed by atoms with Gasteiger partial charge in [-0.1, -0.05) is 74.5 Å². The first-order valence-corrected chi connectivity index (χ1v) is 19.8. The standard InChI is InChI=1S/C40H48N10O4S/c1-25(2)37-48-38(43-17-9-16-41-35(53)23-32-36-31(24-55-32)46-40(54)47-36)50-39(49-37)44-19-18-42-33(51)14-15-34(52)45-30-21-28(26-10-5-3-6-11-26)20-29(22-30)27-12-7-4-8-13-27/h3-8,10-13,20-22,25,31-32,36H,9,14-19,23-24H2,1-2H3,(H,41,53)(H,42,51)(H,45,52)(H2,46,47,54)(H2,43,44,48,49,50)/t31?,32-,36?/m0/s1. The Morgan fingerprint density at radius 1 is 0.727 bits per heavy atom. The summed E-state index contributed by atoms with van der Waals surface area (Å²) in [6.07, 6.45) is 1.11. The summed E-state index contributed by atoms with van der Waals surface area (Å²) in [4.78, 5) is 63.2. The van der Waals surface area contributed by atoms with Crippen molar-refractivity contribution < 1.29 is 19.2 Å². The molecule has 2 aliphatic rings. The van der Waals surface area contributed by atoms with E-state index in [0.29, 0.717) is 62.4 Å². The van der Waals surface area contributed by atoms with Crippen molar-refractivity contribution in [3.8, 4) is 22.3 Å². The number of rotatable bonds is 18. The van der Waals surface area contributed by atoms with E-state index in [4.69, 9.17) is 0 Å². The van der Waals surface area contributed by atoms with Gasteiger partial charge in [0.1, 0.15) is 5.82 Å². The van der Waals surface area contributed by atoms with Crippen LogP contribution >= 0.6 is 11.8 Å². The Morgan fingerprint density at radius 2 is 1.35 bits per heavy atom. The Labute approximate surface area is 325 Å². The van der Waals surface area contributed by atoms with Crippen LogP contribution in [0.2, 0.25) is 0 Å². The van der Waals surface area contributed by atoms with Crippen molar-refractivity contribution in [2.75, 3.05) is 47.9 Å². The lowest BCUT2D eigenvalue weighted by molar-refractivity contribution is -0.124. The lowest BCUT2D eigenvalue weighted by Gasteiger charge is -2.16. The van der Waals surface area contributed by atoms with Gasteiger partial charge in [0.15, 0.2) is 0 Å². The summed E-state index contributed by atoms with van der Waals surface area (Å²) < 4.78 is 0. The molecule has 14 nitrogen and oxygen atoms in total. The van der Waals surface area contributed by atoms with Crippen molar-refractivity contribution >= 4 is 53.1 Å². The summed E-state index contributed by atoms with van der Waals surface area (Å²) in [5, 5.41) is 21.0. The molecule has 7 N–H and O–H groups in total. The summed E-state index contributed by atoms with van der Waals surface area (Å²) in [5.41, 5.74) is 4.72. The first kappa shape index (κ1) is 39.0. The fraction of sp³-hybridized carbons (Fsp3) is 0.375. The third kappa shape index (κ3) is 11.4. The van der Waals surface area contributed by atoms with Crippen LogP contribution in [-0.4, -0.2) is 88.0 Å². The van der Waals surface area contributed by atoms with Crippen molar-refractivity contribution in [3.63, 3.8) is 0 Å². The lowest BCUT2D eigenvalue weighted by atomic mass is 9.98. The number of fused-ring (bicyclic) bond motifs is 1. The Bertz CT molecular complexity index is 1890. The normalized spacial score (nSPS) is 17.1. The number of anilines is 3. The highest BCUT2D eigenvalue weighted by atomic mass is 32.2. The zero-order chi connectivity index (χ0) is 38.6. The molecule has 3 heterocycles. The van der Waals surface area contributed by atoms with E-state index in [1.165, 1.54) is 0 Å². The van der Waals surface area contributed by atoms with Crippen LogP contribution < -0.4 is 37.2 Å². The van der Waals surface area contributed by atoms with Crippen LogP contribution in [0.25, 0.3) is 22.3 Å². The molecule has 0 radical (unpaired) electrons. The van der Waals surface area contributed by atoms with E-state index in [9.17, 15) is 19.2 Å². The van der Waals surface area contributed by atoms with Gasteiger partial charge in [-0.25, -0.2) is 4.79 Å². The average Bonchev–Trinajstić information content (AvgIpc) is 3.75. The molecule has 15 heteroatoms. The molecule has 2 fully saturated rings. The molecular formula is C40H48N10O4S. The van der Waals surface area contributed by atoms with Crippen molar-refractivity contribution in [2.45, 2.75) is 62.8 Å². The number of hydrogen-bond acceptors (Lipinski definition) is 10. The van der Waals surface area contributed by atoms with E-state index in [0.717, 1.165) is 28.0 Å². The molecule has 55 heavy (non-hydrogen) atoms. The minimum atomic E-state index is -0.245. The number of aromatic nitrogens is 3. The maximum Gasteiger partial charge on any atom is 0.315 e. The zero-order valence-corrected chi connectivity index (χ0v) is 31.9. The van der Waals surface area contributed by atoms with E-state index in [1.54, 1.807) is 11.8 Å². The number of nitrogens with zero attached hydrogens (tertiary/aromatic N) is 3. The monoisotopic (exact) mass is 764 g/mol. The van der Waals surface area contributed by atoms with Crippen LogP contribution in [0, 0.1) is 0 Å². The van der Waals surface area contributed by atoms with Gasteiger partial charge >= 0.3 is 6.03 Å². The first-order valence-electron chi connectivity index (χ1n) is 18.7. The summed E-state index contributed by atoms with van der Waals surface area (Å²) in [5.74, 6) is 1.78. The highest BCUT2D eigenvalue weighted by Gasteiger charge is 2.43. The van der Waals surface area contributed by atoms with E-state index in [2.05, 4.69) is 58.2 Å². The summed E-state index contributed by atoms with van der Waals surface area (Å²) >= 11 is 1.71. The van der Waals surface area contributed by atoms with Crippen molar-refractivity contribution in [2.24, 2.45) is 0 Å². The van der Waals surface area contributed by atoms with Crippen LogP contribution in [0.4, 0.5) is 22.4 Å². The minimum absolute atomic E-state index is 0.00794. The topological polar surface area (TPSA) is 191 Å². The Morgan fingerprint density at radius 3 is 2.00 bits per heavy atom. The minimum Gasteiger partial charge on any atom is -0.356 e. The van der Waals surface area contributed by atoms with E-state index >= 15 is 0 Å². The second-order valence-electron chi connectivity index (χ2n) is 13.8. The van der Waals surface area contributed by atoms with Gasteiger partial charge in [0.2, 0.25) is 29.6 Å². The van der Waals surface area contributed by atoms with E-state index < -0.39 is 0 Å². The van der Waals surface area contributed by atoms with Crippen LogP contribution in [0.3, 0.4) is 0 Å². The molecule has 2 unspecified atom stereocenters. The molecule has 2 aliphatic heterocycles. The van der Waals surface area contributed by atoms with Gasteiger partial charge in [-0.2, -0.15) is 26.7 Å². The molecule has 6 rings (SSSR count). The highest BCUT2D eigenvalue weighted by molar-refractivity contribution is 8.00. The zero-order valence-electron chi connectivity index (χ0n) is 31.1. The maximum absolute atomic E-state index is 12.9. The second-order valence-corrected chi connectivity index (χ2v) is 15.1. The molecule has 0 spiro atoms. The number of nitrogens with one attached hydrogen (secondary N) is 7. The van der Waals surface area contributed by atoms with Crippen LogP contribution in [-0.2, 0) is 14.4 Å². The highest BCUT2D eigenvalue weighted by Crippen LogP contribution is 2.32. The number of benzene rings is 3. The van der Waals surface area contributed by atoms with Crippen molar-refractivity contribution in [3.05, 3.63) is 84.7 Å². The third-order valence-corrected chi connectivity index (χ3v) is 10.6. The number of amides is 5. The Balaban J connectivity index is 0.906. The molecule has 288 valence electrons. The number of hydrogen-bond donors (Lipinski definition) is 7. The quantitative estimate of drug-likeness (QED) is 0.0550. The summed E-state index contributed by atoms with van der Waals surface area (Å²) in [6.45, 7) is 5.71. The largest absolute Gasteiger partial charge is 0.356 e. The van der Waals surface area contributed by atoms with Gasteiger partial charge in [-0.3, -0.25) is 14.4 Å². The number of thioether (sulfide) groups is 1. The predicted octanol–water partition coefficient (Wildman–Crippen LogP) is 4.75. The Kier molecular flexibility index (Phi) is 13.5. The molecule has 1 aromatic heterocycles. The van der Waals surface area contributed by atoms with Gasteiger partial charge < -0.3 is 37.2 Å². The summed E-state index contributed by atoms with van der Waals surface area (Å²) in [7, 11) is 0. The molecule has 0 aliphatic carbocycles. The maximum atomic E-state index is 12.9.